The van der Waals surface area contributed by atoms with Crippen molar-refractivity contribution in [2.75, 3.05) is 0 Å². The maximum Gasteiger partial charge on any atom is 0.422 e. The third-order valence-electron chi connectivity index (χ3n) is 6.34. The summed E-state index contributed by atoms with van der Waals surface area (Å²) in [7, 11) is 0. The van der Waals surface area contributed by atoms with E-state index in [1.165, 1.54) is 0 Å². The van der Waals surface area contributed by atoms with Crippen molar-refractivity contribution in [3.63, 3.8) is 0 Å². The van der Waals surface area contributed by atoms with E-state index in [9.17, 15) is 79.9 Å². The highest BCUT2D eigenvalue weighted by atomic mass is 19.4. The zero-order valence-corrected chi connectivity index (χ0v) is 21.0. The Bertz CT molecular complexity index is 1960. The maximum atomic E-state index is 14.8. The highest BCUT2D eigenvalue weighted by Gasteiger charge is 2.47. The zero-order valence-electron chi connectivity index (χ0n) is 21.0. The van der Waals surface area contributed by atoms with Crippen LogP contribution in [0.25, 0.3) is 17.0 Å². The van der Waals surface area contributed by atoms with Gasteiger partial charge in [0, 0.05) is 16.7 Å². The van der Waals surface area contributed by atoms with Crippen molar-refractivity contribution in [1.82, 2.24) is 0 Å². The molecule has 242 valence electrons. The summed E-state index contributed by atoms with van der Waals surface area (Å²) in [6.07, 6.45) is -6.10. The van der Waals surface area contributed by atoms with Gasteiger partial charge in [-0.1, -0.05) is 0 Å². The van der Waals surface area contributed by atoms with Crippen LogP contribution in [0.1, 0.15) is 22.3 Å². The van der Waals surface area contributed by atoms with Crippen LogP contribution in [0.15, 0.2) is 16.7 Å². The van der Waals surface area contributed by atoms with Gasteiger partial charge in [-0.3, -0.25) is 0 Å². The smallest absolute Gasteiger partial charge is 0.398 e. The van der Waals surface area contributed by atoms with Crippen molar-refractivity contribution in [2.24, 2.45) is 11.5 Å². The van der Waals surface area contributed by atoms with E-state index in [0.717, 1.165) is 6.07 Å². The lowest BCUT2D eigenvalue weighted by molar-refractivity contribution is -0.143. The SMILES string of the molecule is N#C/C(=C1\C(=C(\N)c2c(F)c(F)c(F)c(F)c2F)\C1=C(\N)c1c(F)c(F)c(C(F)(F)F)c(F)c1F)c1c(F)c(F)c(F)c(F)c1F. The molecule has 20 heteroatoms. The van der Waals surface area contributed by atoms with Gasteiger partial charge in [-0.15, -0.1) is 0 Å². The number of nitrogens with zero attached hydrogens (tertiary/aromatic N) is 1. The molecule has 1 aliphatic rings. The van der Waals surface area contributed by atoms with Crippen molar-refractivity contribution in [1.29, 1.82) is 5.26 Å². The lowest BCUT2D eigenvalue weighted by Gasteiger charge is -2.14. The maximum absolute atomic E-state index is 14.8. The molecule has 0 bridgehead atoms. The van der Waals surface area contributed by atoms with Crippen LogP contribution in [0.3, 0.4) is 0 Å². The zero-order chi connectivity index (χ0) is 35.1. The standard InChI is InChI=1S/C26H4F17N3/c27-10-4(11(28)19(36)22(39)18(10)35)2(1-44)3-5(6(3)25(46)8-14(31)20(37)23(40)21(38)15(8)32)24(45)7-12(29)16(33)9(26(41,42)43)17(34)13(7)30/h45-46H2/b3-2+,24-5+,25-6-. The summed E-state index contributed by atoms with van der Waals surface area (Å²) in [5.74, 6) is -39.9. The first-order valence-electron chi connectivity index (χ1n) is 11.3. The molecular formula is C26H4F17N3. The van der Waals surface area contributed by atoms with E-state index in [-0.39, 0.29) is 0 Å². The molecule has 0 saturated heterocycles. The third kappa shape index (κ3) is 4.68. The second-order valence-corrected chi connectivity index (χ2v) is 8.83. The summed E-state index contributed by atoms with van der Waals surface area (Å²) < 4.78 is 238. The van der Waals surface area contributed by atoms with Crippen LogP contribution in [0.2, 0.25) is 0 Å². The van der Waals surface area contributed by atoms with Gasteiger partial charge in [0.05, 0.1) is 33.7 Å². The molecule has 1 aliphatic carbocycles. The fourth-order valence-corrected chi connectivity index (χ4v) is 4.25. The molecule has 0 atom stereocenters. The Hall–Kier alpha value is -5.22. The topological polar surface area (TPSA) is 75.8 Å². The van der Waals surface area contributed by atoms with Crippen LogP contribution in [0.5, 0.6) is 0 Å². The second kappa shape index (κ2) is 11.0. The normalized spacial score (nSPS) is 16.4. The number of hydrogen-bond donors (Lipinski definition) is 2. The molecule has 3 aromatic rings. The predicted octanol–water partition coefficient (Wildman–Crippen LogP) is 7.68. The Labute approximate surface area is 241 Å². The monoisotopic (exact) mass is 681 g/mol. The second-order valence-electron chi connectivity index (χ2n) is 8.83. The minimum Gasteiger partial charge on any atom is -0.398 e. The molecule has 0 amide bonds. The molecule has 1 saturated carbocycles. The van der Waals surface area contributed by atoms with Crippen LogP contribution < -0.4 is 11.5 Å². The van der Waals surface area contributed by atoms with Gasteiger partial charge < -0.3 is 11.5 Å². The lowest BCUT2D eigenvalue weighted by atomic mass is 10.0. The van der Waals surface area contributed by atoms with Gasteiger partial charge in [0.25, 0.3) is 0 Å². The van der Waals surface area contributed by atoms with Crippen molar-refractivity contribution in [3.05, 3.63) is 120 Å². The van der Waals surface area contributed by atoms with E-state index in [1.807, 2.05) is 0 Å². The van der Waals surface area contributed by atoms with Crippen molar-refractivity contribution in [2.45, 2.75) is 6.18 Å². The molecule has 4 rings (SSSR count). The lowest BCUT2D eigenvalue weighted by Crippen LogP contribution is -2.18. The van der Waals surface area contributed by atoms with Crippen LogP contribution in [0.4, 0.5) is 74.6 Å². The molecule has 0 aromatic heterocycles. The highest BCUT2D eigenvalue weighted by molar-refractivity contribution is 6.08. The van der Waals surface area contributed by atoms with Gasteiger partial charge in [-0.05, 0) is 0 Å². The summed E-state index contributed by atoms with van der Waals surface area (Å²) in [5, 5.41) is 9.57. The van der Waals surface area contributed by atoms with E-state index in [0.29, 0.717) is 0 Å². The summed E-state index contributed by atoms with van der Waals surface area (Å²) >= 11 is 0. The molecule has 0 radical (unpaired) electrons. The van der Waals surface area contributed by atoms with Crippen molar-refractivity contribution >= 4 is 17.0 Å². The van der Waals surface area contributed by atoms with Crippen LogP contribution >= 0.6 is 0 Å². The van der Waals surface area contributed by atoms with Crippen molar-refractivity contribution < 1.29 is 74.6 Å². The number of alkyl halides is 3. The fourth-order valence-electron chi connectivity index (χ4n) is 4.25. The first-order valence-corrected chi connectivity index (χ1v) is 11.3. The predicted molar refractivity (Wildman–Crippen MR) is 118 cm³/mol. The Morgan fingerprint density at radius 3 is 0.957 bits per heavy atom. The largest absolute Gasteiger partial charge is 0.422 e. The molecule has 0 aliphatic heterocycles. The van der Waals surface area contributed by atoms with Crippen LogP contribution in [-0.4, -0.2) is 0 Å². The van der Waals surface area contributed by atoms with Gasteiger partial charge in [0.2, 0.25) is 11.6 Å². The Morgan fingerprint density at radius 2 is 0.674 bits per heavy atom. The quantitative estimate of drug-likeness (QED) is 0.129. The molecule has 4 N–H and O–H groups in total. The van der Waals surface area contributed by atoms with Crippen LogP contribution in [-0.2, 0) is 6.18 Å². The molecule has 0 heterocycles. The van der Waals surface area contributed by atoms with Gasteiger partial charge in [0.15, 0.2) is 69.8 Å². The van der Waals surface area contributed by atoms with Gasteiger partial charge in [-0.2, -0.15) is 18.4 Å². The molecule has 1 fully saturated rings. The van der Waals surface area contributed by atoms with E-state index in [4.69, 9.17) is 11.5 Å². The van der Waals surface area contributed by atoms with Crippen molar-refractivity contribution in [3.8, 4) is 6.07 Å². The van der Waals surface area contributed by atoms with Crippen LogP contribution in [0, 0.1) is 92.8 Å². The summed E-state index contributed by atoms with van der Waals surface area (Å²) in [4.78, 5) is 0. The van der Waals surface area contributed by atoms with Gasteiger partial charge in [0.1, 0.15) is 11.6 Å². The average Bonchev–Trinajstić information content (AvgIpc) is 3.72. The van der Waals surface area contributed by atoms with Gasteiger partial charge >= 0.3 is 6.18 Å². The molecular weight excluding hydrogens is 677 g/mol. The first-order chi connectivity index (χ1) is 21.1. The number of hydrogen-bond acceptors (Lipinski definition) is 3. The van der Waals surface area contributed by atoms with E-state index in [1.54, 1.807) is 0 Å². The molecule has 0 unspecified atom stereocenters. The average molecular weight is 681 g/mol. The highest BCUT2D eigenvalue weighted by Crippen LogP contribution is 2.56. The Kier molecular flexibility index (Phi) is 8.04. The summed E-state index contributed by atoms with van der Waals surface area (Å²) in [6.45, 7) is 0. The number of rotatable bonds is 3. The van der Waals surface area contributed by atoms with E-state index >= 15 is 0 Å². The first kappa shape index (κ1) is 33.7. The summed E-state index contributed by atoms with van der Waals surface area (Å²) in [5.41, 5.74) is -9.03. The third-order valence-corrected chi connectivity index (χ3v) is 6.34. The molecule has 3 nitrogen and oxygen atoms in total. The Morgan fingerprint density at radius 1 is 0.413 bits per heavy atom. The molecule has 3 aromatic carbocycles. The number of nitriles is 1. The molecule has 46 heavy (non-hydrogen) atoms. The number of benzene rings is 3. The van der Waals surface area contributed by atoms with Gasteiger partial charge in [-0.25, -0.2) is 61.5 Å². The summed E-state index contributed by atoms with van der Waals surface area (Å²) in [6, 6.07) is 0.835. The number of halogens is 17. The molecule has 0 spiro atoms. The fraction of sp³-hybridized carbons (Fsp3) is 0.0385. The minimum atomic E-state index is -6.10. The Balaban J connectivity index is 2.26. The van der Waals surface area contributed by atoms with E-state index in [2.05, 4.69) is 0 Å². The van der Waals surface area contributed by atoms with E-state index < -0.39 is 144 Å². The number of nitrogens with two attached hydrogens (primary N) is 2. The minimum absolute atomic E-state index is 0.835. The number of allylic oxidation sites excluding steroid dienone is 4.